The van der Waals surface area contributed by atoms with Gasteiger partial charge in [0.1, 0.15) is 0 Å². The van der Waals surface area contributed by atoms with Crippen molar-refractivity contribution >= 4 is 18.8 Å². The van der Waals surface area contributed by atoms with E-state index >= 15 is 0 Å². The smallest absolute Gasteiger partial charge is 0.390 e. The molecule has 0 saturated carbocycles. The Labute approximate surface area is 33.6 Å². The highest BCUT2D eigenvalue weighted by Gasteiger charge is 2.10. The van der Waals surface area contributed by atoms with Crippen LogP contribution in [0.1, 0.15) is 0 Å². The third-order valence-electron chi connectivity index (χ3n) is 0.498. The number of hydrogen-bond acceptors (Lipinski definition) is 1. The Morgan fingerprint density at radius 2 is 2.00 bits per heavy atom. The van der Waals surface area contributed by atoms with Gasteiger partial charge in [-0.2, -0.15) is 0 Å². The van der Waals surface area contributed by atoms with Crippen molar-refractivity contribution in [2.75, 3.05) is 0 Å². The van der Waals surface area contributed by atoms with Crippen molar-refractivity contribution in [1.82, 2.24) is 9.30 Å². The van der Waals surface area contributed by atoms with Crippen molar-refractivity contribution in [3.63, 3.8) is 0 Å². The summed E-state index contributed by atoms with van der Waals surface area (Å²) < 4.78 is 15.5. The minimum atomic E-state index is -1.38. The SMILES string of the molecule is O=[Si]1N[SiH2]N1. The Bertz CT molecular complexity index is 54.7. The average Bonchev–Trinajstić information content (AvgIpc) is 1.30. The van der Waals surface area contributed by atoms with Gasteiger partial charge >= 0.3 is 9.01 Å². The third kappa shape index (κ3) is 0.379. The van der Waals surface area contributed by atoms with Crippen LogP contribution in [0.25, 0.3) is 0 Å². The molecule has 1 saturated heterocycles. The van der Waals surface area contributed by atoms with E-state index in [0.717, 1.165) is 0 Å². The molecule has 1 fully saturated rings. The number of hydrogen-bond donors (Lipinski definition) is 2. The summed E-state index contributed by atoms with van der Waals surface area (Å²) >= 11 is 0. The molecular weight excluding hydrogens is 100 g/mol. The fourth-order valence-electron chi connectivity index (χ4n) is 0.161. The molecule has 0 atom stereocenters. The second-order valence-electron chi connectivity index (χ2n) is 0.859. The zero-order valence-corrected chi connectivity index (χ0v) is 5.03. The number of rotatable bonds is 0. The molecule has 0 aromatic rings. The van der Waals surface area contributed by atoms with E-state index in [1.165, 1.54) is 0 Å². The van der Waals surface area contributed by atoms with E-state index in [9.17, 15) is 4.46 Å². The van der Waals surface area contributed by atoms with E-state index in [0.29, 0.717) is 0 Å². The van der Waals surface area contributed by atoms with Crippen molar-refractivity contribution in [2.24, 2.45) is 0 Å². The minimum absolute atomic E-state index is 0.210. The molecule has 5 heteroatoms. The Kier molecular flexibility index (Phi) is 0.550. The topological polar surface area (TPSA) is 41.1 Å². The van der Waals surface area contributed by atoms with Gasteiger partial charge in [-0.3, -0.25) is 0 Å². The monoisotopic (exact) mass is 104 g/mol. The summed E-state index contributed by atoms with van der Waals surface area (Å²) in [5.41, 5.74) is 0. The van der Waals surface area contributed by atoms with E-state index in [2.05, 4.69) is 9.30 Å². The molecule has 0 bridgehead atoms. The lowest BCUT2D eigenvalue weighted by Crippen LogP contribution is -2.60. The molecule has 28 valence electrons. The maximum absolute atomic E-state index is 9.90. The summed E-state index contributed by atoms with van der Waals surface area (Å²) in [7, 11) is -1.59. The molecule has 0 unspecified atom stereocenters. The van der Waals surface area contributed by atoms with E-state index < -0.39 is 9.01 Å². The summed E-state index contributed by atoms with van der Waals surface area (Å²) in [6.07, 6.45) is 0. The lowest BCUT2D eigenvalue weighted by molar-refractivity contribution is 0.548. The molecule has 5 heavy (non-hydrogen) atoms. The molecule has 1 aliphatic heterocycles. The van der Waals surface area contributed by atoms with E-state index in [-0.39, 0.29) is 9.84 Å². The molecule has 3 nitrogen and oxygen atoms in total. The van der Waals surface area contributed by atoms with Crippen LogP contribution in [0.15, 0.2) is 0 Å². The molecule has 0 spiro atoms. The average molecular weight is 104 g/mol. The van der Waals surface area contributed by atoms with Crippen LogP contribution >= 0.6 is 0 Å². The first-order valence-corrected chi connectivity index (χ1v) is 4.23. The van der Waals surface area contributed by atoms with Crippen LogP contribution in [0, 0.1) is 0 Å². The maximum atomic E-state index is 9.90. The Balaban J connectivity index is 2.32. The first-order valence-electron chi connectivity index (χ1n) is 1.41. The fraction of sp³-hybridized carbons (Fsp3) is 0. The van der Waals surface area contributed by atoms with E-state index in [1.54, 1.807) is 0 Å². The van der Waals surface area contributed by atoms with Crippen molar-refractivity contribution in [1.29, 1.82) is 0 Å². The molecule has 0 aliphatic carbocycles. The summed E-state index contributed by atoms with van der Waals surface area (Å²) in [4.78, 5) is 0. The van der Waals surface area contributed by atoms with Crippen molar-refractivity contribution in [3.8, 4) is 0 Å². The molecule has 1 heterocycles. The van der Waals surface area contributed by atoms with Crippen LogP contribution < -0.4 is 9.30 Å². The Hall–Kier alpha value is -0.166. The van der Waals surface area contributed by atoms with Gasteiger partial charge in [-0.25, -0.2) is 0 Å². The zero-order valence-electron chi connectivity index (χ0n) is 2.62. The Morgan fingerprint density at radius 1 is 1.60 bits per heavy atom. The highest BCUT2D eigenvalue weighted by atomic mass is 28.4. The van der Waals surface area contributed by atoms with Crippen LogP contribution in [0.3, 0.4) is 0 Å². The highest BCUT2D eigenvalue weighted by molar-refractivity contribution is 6.69. The standard InChI is InChI=1S/H4N2OSi2/c3-5-1-4-2-5/h1-2H,4H2. The van der Waals surface area contributed by atoms with Gasteiger partial charge < -0.3 is 13.8 Å². The maximum Gasteiger partial charge on any atom is 0.500 e. The second-order valence-corrected chi connectivity index (χ2v) is 4.70. The summed E-state index contributed by atoms with van der Waals surface area (Å²) in [6.45, 7) is 0. The molecule has 0 aromatic heterocycles. The van der Waals surface area contributed by atoms with Crippen LogP contribution in [0.2, 0.25) is 0 Å². The lowest BCUT2D eigenvalue weighted by Gasteiger charge is -2.11. The normalized spacial score (nSPS) is 18.8. The largest absolute Gasteiger partial charge is 0.500 e. The molecule has 1 rings (SSSR count). The zero-order chi connectivity index (χ0) is 3.70. The summed E-state index contributed by atoms with van der Waals surface area (Å²) in [6, 6.07) is 0. The molecule has 1 aliphatic rings. The van der Waals surface area contributed by atoms with Crippen molar-refractivity contribution < 1.29 is 4.46 Å². The van der Waals surface area contributed by atoms with Gasteiger partial charge in [0.2, 0.25) is 9.84 Å². The van der Waals surface area contributed by atoms with Crippen LogP contribution in [0.5, 0.6) is 0 Å². The van der Waals surface area contributed by atoms with Gasteiger partial charge in [0.25, 0.3) is 0 Å². The van der Waals surface area contributed by atoms with Gasteiger partial charge in [-0.05, 0) is 0 Å². The summed E-state index contributed by atoms with van der Waals surface area (Å²) in [5.74, 6) is 0. The molecule has 0 amide bonds. The summed E-state index contributed by atoms with van der Waals surface area (Å²) in [5, 5.41) is 0. The van der Waals surface area contributed by atoms with Gasteiger partial charge in [0.15, 0.2) is 0 Å². The van der Waals surface area contributed by atoms with Gasteiger partial charge in [-0.15, -0.1) is 0 Å². The Morgan fingerprint density at radius 3 is 2.00 bits per heavy atom. The minimum Gasteiger partial charge on any atom is -0.390 e. The van der Waals surface area contributed by atoms with Crippen LogP contribution in [-0.4, -0.2) is 18.8 Å². The van der Waals surface area contributed by atoms with E-state index in [4.69, 9.17) is 0 Å². The predicted octanol–water partition coefficient (Wildman–Crippen LogP) is -2.41. The quantitative estimate of drug-likeness (QED) is 0.336. The van der Waals surface area contributed by atoms with E-state index in [1.807, 2.05) is 0 Å². The van der Waals surface area contributed by atoms with Crippen LogP contribution in [-0.2, 0) is 4.46 Å². The van der Waals surface area contributed by atoms with Gasteiger partial charge in [0, 0.05) is 0 Å². The van der Waals surface area contributed by atoms with Gasteiger partial charge in [-0.1, -0.05) is 0 Å². The highest BCUT2D eigenvalue weighted by Crippen LogP contribution is 1.55. The third-order valence-corrected chi connectivity index (χ3v) is 4.48. The van der Waals surface area contributed by atoms with Crippen molar-refractivity contribution in [3.05, 3.63) is 0 Å². The molecule has 2 N–H and O–H groups in total. The lowest BCUT2D eigenvalue weighted by atomic mass is 13.7. The molecule has 0 radical (unpaired) electrons. The predicted molar refractivity (Wildman–Crippen MR) is 21.3 cm³/mol. The van der Waals surface area contributed by atoms with Crippen LogP contribution in [0.4, 0.5) is 0 Å². The molecular formula is H4N2OSi2. The second kappa shape index (κ2) is 0.905. The number of nitrogens with one attached hydrogen (secondary N) is 2. The first kappa shape index (κ1) is 3.04. The van der Waals surface area contributed by atoms with Crippen molar-refractivity contribution in [2.45, 2.75) is 0 Å². The first-order chi connectivity index (χ1) is 2.39. The fourth-order valence-corrected chi connectivity index (χ4v) is 1.45. The molecule has 0 aromatic carbocycles. The van der Waals surface area contributed by atoms with Gasteiger partial charge in [0.05, 0.1) is 0 Å².